The first kappa shape index (κ1) is 15.8. The van der Waals surface area contributed by atoms with Crippen molar-refractivity contribution in [3.63, 3.8) is 0 Å². The molecule has 0 aliphatic carbocycles. The Morgan fingerprint density at radius 2 is 1.90 bits per heavy atom. The SMILES string of the molecule is Cc1cc(F)c(S(=O)(=O)Nc2cccc(Br)c2C)cc1N. The molecule has 0 fully saturated rings. The van der Waals surface area contributed by atoms with Crippen LogP contribution >= 0.6 is 15.9 Å². The summed E-state index contributed by atoms with van der Waals surface area (Å²) in [6.45, 7) is 3.36. The maximum absolute atomic E-state index is 13.9. The zero-order chi connectivity index (χ0) is 15.8. The normalized spacial score (nSPS) is 11.4. The Morgan fingerprint density at radius 3 is 2.57 bits per heavy atom. The van der Waals surface area contributed by atoms with Crippen molar-refractivity contribution in [3.05, 3.63) is 51.7 Å². The molecule has 0 aliphatic heterocycles. The molecule has 0 amide bonds. The van der Waals surface area contributed by atoms with E-state index in [2.05, 4.69) is 20.7 Å². The van der Waals surface area contributed by atoms with Gasteiger partial charge in [-0.2, -0.15) is 0 Å². The first-order valence-electron chi connectivity index (χ1n) is 6.06. The number of nitrogens with two attached hydrogens (primary N) is 1. The Labute approximate surface area is 131 Å². The van der Waals surface area contributed by atoms with E-state index in [1.54, 1.807) is 32.0 Å². The number of nitrogens with one attached hydrogen (secondary N) is 1. The highest BCUT2D eigenvalue weighted by atomic mass is 79.9. The van der Waals surface area contributed by atoms with Gasteiger partial charge >= 0.3 is 0 Å². The molecule has 0 bridgehead atoms. The Hall–Kier alpha value is -1.60. The monoisotopic (exact) mass is 372 g/mol. The standard InChI is InChI=1S/C14H14BrFN2O2S/c1-8-6-11(16)14(7-12(8)17)21(19,20)18-13-5-3-4-10(15)9(13)2/h3-7,18H,17H2,1-2H3. The van der Waals surface area contributed by atoms with Gasteiger partial charge in [0.15, 0.2) is 0 Å². The van der Waals surface area contributed by atoms with Crippen LogP contribution in [0.15, 0.2) is 39.7 Å². The van der Waals surface area contributed by atoms with E-state index in [0.717, 1.165) is 16.6 Å². The minimum Gasteiger partial charge on any atom is -0.398 e. The summed E-state index contributed by atoms with van der Waals surface area (Å²) in [4.78, 5) is -0.468. The number of hydrogen-bond donors (Lipinski definition) is 2. The van der Waals surface area contributed by atoms with Crippen molar-refractivity contribution in [2.75, 3.05) is 10.5 Å². The van der Waals surface area contributed by atoms with E-state index in [0.29, 0.717) is 16.8 Å². The number of hydrogen-bond acceptors (Lipinski definition) is 3. The lowest BCUT2D eigenvalue weighted by molar-refractivity contribution is 0.570. The summed E-state index contributed by atoms with van der Waals surface area (Å²) in [5, 5.41) is 0. The fraction of sp³-hybridized carbons (Fsp3) is 0.143. The average Bonchev–Trinajstić information content (AvgIpc) is 2.39. The molecular formula is C14H14BrFN2O2S. The Balaban J connectivity index is 2.48. The number of nitrogen functional groups attached to an aromatic ring is 1. The molecule has 3 N–H and O–H groups in total. The summed E-state index contributed by atoms with van der Waals surface area (Å²) in [5.74, 6) is -0.832. The molecule has 0 saturated heterocycles. The molecule has 0 aromatic heterocycles. The minimum atomic E-state index is -4.05. The highest BCUT2D eigenvalue weighted by molar-refractivity contribution is 9.10. The molecule has 0 radical (unpaired) electrons. The summed E-state index contributed by atoms with van der Waals surface area (Å²) in [7, 11) is -4.05. The lowest BCUT2D eigenvalue weighted by Gasteiger charge is -2.13. The molecule has 0 atom stereocenters. The van der Waals surface area contributed by atoms with E-state index < -0.39 is 20.7 Å². The second-order valence-corrected chi connectivity index (χ2v) is 7.16. The Bertz CT molecular complexity index is 807. The number of anilines is 2. The second-order valence-electron chi connectivity index (χ2n) is 4.66. The summed E-state index contributed by atoms with van der Waals surface area (Å²) < 4.78 is 41.7. The van der Waals surface area contributed by atoms with Crippen LogP contribution in [0.1, 0.15) is 11.1 Å². The topological polar surface area (TPSA) is 72.2 Å². The maximum Gasteiger partial charge on any atom is 0.264 e. The molecule has 0 heterocycles. The highest BCUT2D eigenvalue weighted by Crippen LogP contribution is 2.28. The van der Waals surface area contributed by atoms with Crippen LogP contribution in [0.3, 0.4) is 0 Å². The van der Waals surface area contributed by atoms with E-state index in [9.17, 15) is 12.8 Å². The third-order valence-electron chi connectivity index (χ3n) is 3.12. The van der Waals surface area contributed by atoms with Crippen molar-refractivity contribution in [2.45, 2.75) is 18.7 Å². The van der Waals surface area contributed by atoms with Gasteiger partial charge in [0.05, 0.1) is 5.69 Å². The molecule has 0 aliphatic rings. The van der Waals surface area contributed by atoms with Gasteiger partial charge in [-0.3, -0.25) is 4.72 Å². The van der Waals surface area contributed by atoms with Crippen LogP contribution in [0.4, 0.5) is 15.8 Å². The summed E-state index contributed by atoms with van der Waals surface area (Å²) >= 11 is 3.32. The third-order valence-corrected chi connectivity index (χ3v) is 5.36. The number of rotatable bonds is 3. The minimum absolute atomic E-state index is 0.225. The van der Waals surface area contributed by atoms with Gasteiger partial charge in [0.2, 0.25) is 0 Å². The van der Waals surface area contributed by atoms with Crippen LogP contribution in [0.2, 0.25) is 0 Å². The molecular weight excluding hydrogens is 359 g/mol. The lowest BCUT2D eigenvalue weighted by atomic mass is 10.2. The predicted octanol–water partition coefficient (Wildman–Crippen LogP) is 3.59. The highest BCUT2D eigenvalue weighted by Gasteiger charge is 2.21. The van der Waals surface area contributed by atoms with E-state index in [4.69, 9.17) is 5.73 Å². The summed E-state index contributed by atoms with van der Waals surface area (Å²) in [6.07, 6.45) is 0. The lowest BCUT2D eigenvalue weighted by Crippen LogP contribution is -2.16. The van der Waals surface area contributed by atoms with Crippen molar-refractivity contribution in [2.24, 2.45) is 0 Å². The molecule has 4 nitrogen and oxygen atoms in total. The molecule has 2 rings (SSSR count). The van der Waals surface area contributed by atoms with Crippen LogP contribution in [0.5, 0.6) is 0 Å². The van der Waals surface area contributed by atoms with Gasteiger partial charge in [-0.25, -0.2) is 12.8 Å². The Morgan fingerprint density at radius 1 is 1.24 bits per heavy atom. The zero-order valence-electron chi connectivity index (χ0n) is 11.4. The number of aryl methyl sites for hydroxylation is 1. The third kappa shape index (κ3) is 3.19. The fourth-order valence-corrected chi connectivity index (χ4v) is 3.38. The number of benzene rings is 2. The van der Waals surface area contributed by atoms with E-state index in [-0.39, 0.29) is 5.69 Å². The smallest absolute Gasteiger partial charge is 0.264 e. The number of sulfonamides is 1. The van der Waals surface area contributed by atoms with Gasteiger partial charge in [0.1, 0.15) is 10.7 Å². The van der Waals surface area contributed by atoms with Gasteiger partial charge in [0.25, 0.3) is 10.0 Å². The van der Waals surface area contributed by atoms with E-state index in [1.807, 2.05) is 0 Å². The van der Waals surface area contributed by atoms with Crippen LogP contribution in [0.25, 0.3) is 0 Å². The van der Waals surface area contributed by atoms with E-state index >= 15 is 0 Å². The van der Waals surface area contributed by atoms with Crippen molar-refractivity contribution in [1.82, 2.24) is 0 Å². The summed E-state index contributed by atoms with van der Waals surface area (Å²) in [5.41, 5.74) is 7.47. The molecule has 2 aromatic rings. The molecule has 0 spiro atoms. The quantitative estimate of drug-likeness (QED) is 0.808. The Kier molecular flexibility index (Phi) is 4.25. The number of halogens is 2. The van der Waals surface area contributed by atoms with Gasteiger partial charge in [-0.05, 0) is 49.2 Å². The predicted molar refractivity (Wildman–Crippen MR) is 85.2 cm³/mol. The van der Waals surface area contributed by atoms with Gasteiger partial charge in [-0.15, -0.1) is 0 Å². The van der Waals surface area contributed by atoms with Gasteiger partial charge in [0, 0.05) is 10.2 Å². The van der Waals surface area contributed by atoms with E-state index in [1.165, 1.54) is 0 Å². The average molecular weight is 373 g/mol. The maximum atomic E-state index is 13.9. The van der Waals surface area contributed by atoms with Crippen LogP contribution in [-0.4, -0.2) is 8.42 Å². The van der Waals surface area contributed by atoms with Crippen LogP contribution in [-0.2, 0) is 10.0 Å². The molecule has 112 valence electrons. The van der Waals surface area contributed by atoms with Crippen molar-refractivity contribution < 1.29 is 12.8 Å². The molecule has 0 saturated carbocycles. The fourth-order valence-electron chi connectivity index (χ4n) is 1.79. The van der Waals surface area contributed by atoms with Gasteiger partial charge < -0.3 is 5.73 Å². The van der Waals surface area contributed by atoms with Crippen molar-refractivity contribution in [3.8, 4) is 0 Å². The summed E-state index contributed by atoms with van der Waals surface area (Å²) in [6, 6.07) is 7.32. The molecule has 7 heteroatoms. The zero-order valence-corrected chi connectivity index (χ0v) is 13.8. The van der Waals surface area contributed by atoms with Crippen molar-refractivity contribution >= 4 is 37.3 Å². The van der Waals surface area contributed by atoms with Gasteiger partial charge in [-0.1, -0.05) is 22.0 Å². The van der Waals surface area contributed by atoms with Crippen LogP contribution in [0, 0.1) is 19.7 Å². The molecule has 0 unspecified atom stereocenters. The first-order chi connectivity index (χ1) is 9.72. The van der Waals surface area contributed by atoms with Crippen molar-refractivity contribution in [1.29, 1.82) is 0 Å². The first-order valence-corrected chi connectivity index (χ1v) is 8.33. The molecule has 2 aromatic carbocycles. The largest absolute Gasteiger partial charge is 0.398 e. The van der Waals surface area contributed by atoms with Crippen LogP contribution < -0.4 is 10.5 Å². The second kappa shape index (κ2) is 5.65. The molecule has 21 heavy (non-hydrogen) atoms.